The van der Waals surface area contributed by atoms with Gasteiger partial charge in [-0.15, -0.1) is 0 Å². The van der Waals surface area contributed by atoms with E-state index in [4.69, 9.17) is 4.52 Å². The van der Waals surface area contributed by atoms with Crippen LogP contribution in [0.1, 0.15) is 25.1 Å². The van der Waals surface area contributed by atoms with E-state index in [0.29, 0.717) is 0 Å². The minimum atomic E-state index is 0.818. The van der Waals surface area contributed by atoms with E-state index in [9.17, 15) is 0 Å². The number of hydrogen-bond acceptors (Lipinski definition) is 3. The highest BCUT2D eigenvalue weighted by atomic mass is 16.5. The summed E-state index contributed by atoms with van der Waals surface area (Å²) in [5.41, 5.74) is 4.40. The minimum Gasteiger partial charge on any atom is -0.356 e. The Morgan fingerprint density at radius 1 is 1.28 bits per heavy atom. The molecule has 0 spiro atoms. The van der Waals surface area contributed by atoms with E-state index < -0.39 is 0 Å². The lowest BCUT2D eigenvalue weighted by Crippen LogP contribution is -1.98. The van der Waals surface area contributed by atoms with Gasteiger partial charge in [0.1, 0.15) is 0 Å². The number of aliphatic imine (C=N–C) groups is 1. The van der Waals surface area contributed by atoms with Gasteiger partial charge in [-0.2, -0.15) is 0 Å². The van der Waals surface area contributed by atoms with Gasteiger partial charge in [-0.1, -0.05) is 29.4 Å². The average Bonchev–Trinajstić information content (AvgIpc) is 2.77. The quantitative estimate of drug-likeness (QED) is 0.767. The number of hydrogen-bond donors (Lipinski definition) is 0. The van der Waals surface area contributed by atoms with Crippen molar-refractivity contribution in [2.45, 2.75) is 27.2 Å². The third kappa shape index (κ3) is 3.06. The first-order chi connectivity index (χ1) is 8.69. The molecule has 0 amide bonds. The molecule has 1 aromatic heterocycles. The molecule has 0 radical (unpaired) electrons. The van der Waals surface area contributed by atoms with Gasteiger partial charge < -0.3 is 4.52 Å². The average molecular weight is 242 g/mol. The van der Waals surface area contributed by atoms with Crippen LogP contribution in [0.4, 0.5) is 0 Å². The van der Waals surface area contributed by atoms with Crippen LogP contribution in [0.3, 0.4) is 0 Å². The Bertz CT molecular complexity index is 538. The van der Waals surface area contributed by atoms with Gasteiger partial charge in [-0.3, -0.25) is 4.99 Å². The van der Waals surface area contributed by atoms with Gasteiger partial charge in [-0.05, 0) is 26.3 Å². The highest BCUT2D eigenvalue weighted by Crippen LogP contribution is 2.20. The maximum absolute atomic E-state index is 5.24. The van der Waals surface area contributed by atoms with Crippen molar-refractivity contribution in [3.8, 4) is 11.3 Å². The van der Waals surface area contributed by atoms with Crippen molar-refractivity contribution < 1.29 is 4.52 Å². The van der Waals surface area contributed by atoms with E-state index >= 15 is 0 Å². The summed E-state index contributed by atoms with van der Waals surface area (Å²) in [6.07, 6.45) is 0.906. The molecule has 0 N–H and O–H groups in total. The van der Waals surface area contributed by atoms with Gasteiger partial charge in [0.25, 0.3) is 0 Å². The second-order valence-electron chi connectivity index (χ2n) is 4.42. The Balaban J connectivity index is 2.13. The van der Waals surface area contributed by atoms with Crippen molar-refractivity contribution in [3.63, 3.8) is 0 Å². The van der Waals surface area contributed by atoms with Crippen molar-refractivity contribution in [2.24, 2.45) is 4.99 Å². The lowest BCUT2D eigenvalue weighted by atomic mass is 10.1. The van der Waals surface area contributed by atoms with Gasteiger partial charge in [-0.25, -0.2) is 0 Å². The number of rotatable bonds is 4. The number of nitrogens with zero attached hydrogens (tertiary/aromatic N) is 2. The second-order valence-corrected chi connectivity index (χ2v) is 4.42. The molecule has 0 aliphatic rings. The summed E-state index contributed by atoms with van der Waals surface area (Å²) in [6, 6.07) is 10.3. The van der Waals surface area contributed by atoms with Crippen LogP contribution in [-0.4, -0.2) is 17.4 Å². The lowest BCUT2D eigenvalue weighted by molar-refractivity contribution is 0.427. The second kappa shape index (κ2) is 5.63. The van der Waals surface area contributed by atoms with Crippen LogP contribution in [0.25, 0.3) is 11.3 Å². The third-order valence-corrected chi connectivity index (χ3v) is 2.75. The monoisotopic (exact) mass is 242 g/mol. The fourth-order valence-electron chi connectivity index (χ4n) is 1.91. The molecule has 3 nitrogen and oxygen atoms in total. The first kappa shape index (κ1) is 12.6. The van der Waals surface area contributed by atoms with Gasteiger partial charge in [0.15, 0.2) is 5.76 Å². The molecule has 1 heterocycles. The summed E-state index contributed by atoms with van der Waals surface area (Å²) in [6.45, 7) is 6.89. The van der Waals surface area contributed by atoms with E-state index in [1.165, 1.54) is 11.3 Å². The van der Waals surface area contributed by atoms with Crippen molar-refractivity contribution in [3.05, 3.63) is 41.6 Å². The fourth-order valence-corrected chi connectivity index (χ4v) is 1.91. The molecule has 18 heavy (non-hydrogen) atoms. The number of aryl methyl sites for hydroxylation is 1. The standard InChI is InChI=1S/C15H18N2O/c1-4-16-11(2)9-13-5-7-14(8-6-13)15-10-12(3)17-18-15/h5-8,10H,4,9H2,1-3H3. The molecule has 1 aromatic carbocycles. The Kier molecular flexibility index (Phi) is 3.92. The highest BCUT2D eigenvalue weighted by Gasteiger charge is 2.04. The molecule has 0 fully saturated rings. The Morgan fingerprint density at radius 3 is 2.56 bits per heavy atom. The Hall–Kier alpha value is -1.90. The zero-order valence-electron chi connectivity index (χ0n) is 11.1. The summed E-state index contributed by atoms with van der Waals surface area (Å²) < 4.78 is 5.24. The van der Waals surface area contributed by atoms with Crippen LogP contribution in [0.5, 0.6) is 0 Å². The smallest absolute Gasteiger partial charge is 0.167 e. The van der Waals surface area contributed by atoms with Crippen LogP contribution in [0.15, 0.2) is 39.8 Å². The molecule has 0 saturated carbocycles. The van der Waals surface area contributed by atoms with Gasteiger partial charge in [0.05, 0.1) is 5.69 Å². The Labute approximate surface area is 108 Å². The van der Waals surface area contributed by atoms with E-state index in [1.807, 2.05) is 13.0 Å². The van der Waals surface area contributed by atoms with Gasteiger partial charge in [0, 0.05) is 30.3 Å². The molecule has 0 unspecified atom stereocenters. The summed E-state index contributed by atoms with van der Waals surface area (Å²) in [7, 11) is 0. The highest BCUT2D eigenvalue weighted by molar-refractivity contribution is 5.84. The molecule has 0 aliphatic carbocycles. The SMILES string of the molecule is CCN=C(C)Cc1ccc(-c2cc(C)no2)cc1. The third-order valence-electron chi connectivity index (χ3n) is 2.75. The zero-order chi connectivity index (χ0) is 13.0. The van der Waals surface area contributed by atoms with E-state index in [2.05, 4.69) is 48.3 Å². The first-order valence-electron chi connectivity index (χ1n) is 6.21. The van der Waals surface area contributed by atoms with Crippen molar-refractivity contribution in [1.29, 1.82) is 0 Å². The maximum atomic E-state index is 5.24. The molecule has 0 bridgehead atoms. The largest absolute Gasteiger partial charge is 0.356 e. The molecular weight excluding hydrogens is 224 g/mol. The summed E-state index contributed by atoms with van der Waals surface area (Å²) >= 11 is 0. The topological polar surface area (TPSA) is 38.4 Å². The predicted molar refractivity (Wildman–Crippen MR) is 74.0 cm³/mol. The van der Waals surface area contributed by atoms with Crippen LogP contribution in [0, 0.1) is 6.92 Å². The van der Waals surface area contributed by atoms with E-state index in [-0.39, 0.29) is 0 Å². The molecular formula is C15H18N2O. The zero-order valence-corrected chi connectivity index (χ0v) is 11.1. The molecule has 0 saturated heterocycles. The van der Waals surface area contributed by atoms with Gasteiger partial charge in [0.2, 0.25) is 0 Å². The van der Waals surface area contributed by atoms with Crippen molar-refractivity contribution >= 4 is 5.71 Å². The lowest BCUT2D eigenvalue weighted by Gasteiger charge is -2.02. The summed E-state index contributed by atoms with van der Waals surface area (Å²) in [4.78, 5) is 4.39. The summed E-state index contributed by atoms with van der Waals surface area (Å²) in [5, 5.41) is 3.89. The minimum absolute atomic E-state index is 0.818. The normalized spacial score (nSPS) is 11.8. The number of benzene rings is 1. The maximum Gasteiger partial charge on any atom is 0.167 e. The van der Waals surface area contributed by atoms with Crippen molar-refractivity contribution in [2.75, 3.05) is 6.54 Å². The molecule has 2 aromatic rings. The first-order valence-corrected chi connectivity index (χ1v) is 6.21. The summed E-state index contributed by atoms with van der Waals surface area (Å²) in [5.74, 6) is 0.818. The van der Waals surface area contributed by atoms with Crippen LogP contribution in [-0.2, 0) is 6.42 Å². The van der Waals surface area contributed by atoms with Crippen LogP contribution >= 0.6 is 0 Å². The molecule has 94 valence electrons. The van der Waals surface area contributed by atoms with Crippen LogP contribution in [0.2, 0.25) is 0 Å². The fraction of sp³-hybridized carbons (Fsp3) is 0.333. The van der Waals surface area contributed by atoms with Crippen LogP contribution < -0.4 is 0 Å². The van der Waals surface area contributed by atoms with E-state index in [0.717, 1.165) is 30.0 Å². The molecule has 3 heteroatoms. The number of aromatic nitrogens is 1. The molecule has 0 atom stereocenters. The Morgan fingerprint density at radius 2 is 2.00 bits per heavy atom. The van der Waals surface area contributed by atoms with Gasteiger partial charge >= 0.3 is 0 Å². The van der Waals surface area contributed by atoms with E-state index in [1.54, 1.807) is 0 Å². The van der Waals surface area contributed by atoms with Crippen molar-refractivity contribution in [1.82, 2.24) is 5.16 Å². The predicted octanol–water partition coefficient (Wildman–Crippen LogP) is 3.67. The molecule has 2 rings (SSSR count). The molecule has 0 aliphatic heterocycles.